The van der Waals surface area contributed by atoms with Crippen LogP contribution in [-0.2, 0) is 40.2 Å². The van der Waals surface area contributed by atoms with Gasteiger partial charge in [-0.15, -0.1) is 0 Å². The molecule has 0 spiro atoms. The van der Waals surface area contributed by atoms with E-state index < -0.39 is 45.1 Å². The Morgan fingerprint density at radius 2 is 1.83 bits per heavy atom. The summed E-state index contributed by atoms with van der Waals surface area (Å²) in [6, 6.07) is 4.62. The van der Waals surface area contributed by atoms with Crippen LogP contribution in [0.25, 0.3) is 10.2 Å². The second-order valence-electron chi connectivity index (χ2n) is 8.55. The quantitative estimate of drug-likeness (QED) is 0.455. The first-order chi connectivity index (χ1) is 17.0. The number of carbonyl (C=O) groups is 4. The van der Waals surface area contributed by atoms with Crippen LogP contribution in [0, 0.1) is 5.92 Å². The highest BCUT2D eigenvalue weighted by molar-refractivity contribution is 7.92. The molecule has 0 radical (unpaired) electrons. The number of thiazole rings is 1. The molecule has 1 saturated heterocycles. The molecule has 0 bridgehead atoms. The first-order valence-corrected chi connectivity index (χ1v) is 14.1. The highest BCUT2D eigenvalue weighted by Crippen LogP contribution is 2.20. The maximum absolute atomic E-state index is 12.6. The Morgan fingerprint density at radius 1 is 1.14 bits per heavy atom. The van der Waals surface area contributed by atoms with Gasteiger partial charge in [0, 0.05) is 13.1 Å². The predicted molar refractivity (Wildman–Crippen MR) is 132 cm³/mol. The van der Waals surface area contributed by atoms with Crippen LogP contribution in [0.3, 0.4) is 0 Å². The number of rotatable bonds is 8. The lowest BCUT2D eigenvalue weighted by atomic mass is 9.99. The summed E-state index contributed by atoms with van der Waals surface area (Å²) in [6.07, 6.45) is 1.62. The topological polar surface area (TPSA) is 141 Å². The fraction of sp³-hybridized carbons (Fsp3) is 0.522. The van der Waals surface area contributed by atoms with Crippen molar-refractivity contribution in [3.05, 3.63) is 28.6 Å². The molecule has 0 atom stereocenters. The number of aromatic nitrogens is 1. The normalized spacial score (nSPS) is 15.2. The number of esters is 2. The van der Waals surface area contributed by atoms with E-state index in [9.17, 15) is 27.6 Å². The van der Waals surface area contributed by atoms with Gasteiger partial charge in [-0.3, -0.25) is 14.4 Å². The standard InChI is InChI=1S/C23H29N3O8S2/c1-4-34-21(29)12-26-17-6-5-16(22(30)33-3)11-18(17)35-23(26)24-19(27)13-36(31,32)14-20(28)25-9-7-15(2)8-10-25/h5-6,11,15H,4,7-10,12-14H2,1-3H3. The summed E-state index contributed by atoms with van der Waals surface area (Å²) in [4.78, 5) is 54.6. The van der Waals surface area contributed by atoms with Crippen LogP contribution in [0.5, 0.6) is 0 Å². The third-order valence-electron chi connectivity index (χ3n) is 5.74. The average Bonchev–Trinajstić information content (AvgIpc) is 3.13. The molecule has 0 N–H and O–H groups in total. The maximum Gasteiger partial charge on any atom is 0.337 e. The van der Waals surface area contributed by atoms with Crippen molar-refractivity contribution in [1.82, 2.24) is 9.47 Å². The van der Waals surface area contributed by atoms with Crippen LogP contribution in [0.2, 0.25) is 0 Å². The Balaban J connectivity index is 1.86. The van der Waals surface area contributed by atoms with Crippen molar-refractivity contribution in [3.63, 3.8) is 0 Å². The number of nitrogens with zero attached hydrogens (tertiary/aromatic N) is 3. The third kappa shape index (κ3) is 7.00. The maximum atomic E-state index is 12.6. The molecule has 2 heterocycles. The second kappa shape index (κ2) is 11.8. The molecular formula is C23H29N3O8S2. The second-order valence-corrected chi connectivity index (χ2v) is 11.6. The van der Waals surface area contributed by atoms with Gasteiger partial charge in [-0.2, -0.15) is 4.99 Å². The van der Waals surface area contributed by atoms with Crippen molar-refractivity contribution >= 4 is 55.1 Å². The highest BCUT2D eigenvalue weighted by Gasteiger charge is 2.27. The van der Waals surface area contributed by atoms with E-state index in [0.717, 1.165) is 24.2 Å². The van der Waals surface area contributed by atoms with Gasteiger partial charge in [-0.25, -0.2) is 13.2 Å². The van der Waals surface area contributed by atoms with Gasteiger partial charge in [-0.1, -0.05) is 18.3 Å². The molecule has 1 aliphatic rings. The molecule has 36 heavy (non-hydrogen) atoms. The first-order valence-electron chi connectivity index (χ1n) is 11.5. The summed E-state index contributed by atoms with van der Waals surface area (Å²) in [5.41, 5.74) is 0.769. The summed E-state index contributed by atoms with van der Waals surface area (Å²) < 4.78 is 36.8. The number of benzene rings is 1. The highest BCUT2D eigenvalue weighted by atomic mass is 32.2. The zero-order valence-corrected chi connectivity index (χ0v) is 22.0. The van der Waals surface area contributed by atoms with Crippen molar-refractivity contribution in [2.75, 3.05) is 38.3 Å². The van der Waals surface area contributed by atoms with Gasteiger partial charge >= 0.3 is 11.9 Å². The molecule has 0 aliphatic carbocycles. The number of carbonyl (C=O) groups excluding carboxylic acids is 4. The molecule has 0 unspecified atom stereocenters. The summed E-state index contributed by atoms with van der Waals surface area (Å²) in [5.74, 6) is -3.84. The number of piperidine rings is 1. The molecule has 0 saturated carbocycles. The molecule has 1 fully saturated rings. The van der Waals surface area contributed by atoms with Crippen LogP contribution in [0.4, 0.5) is 0 Å². The number of likely N-dealkylation sites (tertiary alicyclic amines) is 1. The van der Waals surface area contributed by atoms with E-state index in [2.05, 4.69) is 11.9 Å². The van der Waals surface area contributed by atoms with Crippen LogP contribution in [0.15, 0.2) is 23.2 Å². The minimum Gasteiger partial charge on any atom is -0.465 e. The summed E-state index contributed by atoms with van der Waals surface area (Å²) in [7, 11) is -2.80. The predicted octanol–water partition coefficient (Wildman–Crippen LogP) is 1.15. The fourth-order valence-electron chi connectivity index (χ4n) is 3.81. The van der Waals surface area contributed by atoms with Gasteiger partial charge in [0.2, 0.25) is 5.91 Å². The molecule has 1 aromatic carbocycles. The number of hydrogen-bond donors (Lipinski definition) is 0. The molecule has 3 rings (SSSR count). The van der Waals surface area contributed by atoms with Gasteiger partial charge in [0.15, 0.2) is 14.6 Å². The SMILES string of the molecule is CCOC(=O)Cn1c(=NC(=O)CS(=O)(=O)CC(=O)N2CCC(C)CC2)sc2cc(C(=O)OC)ccc21. The Labute approximate surface area is 212 Å². The van der Waals surface area contributed by atoms with Gasteiger partial charge in [0.05, 0.1) is 29.5 Å². The van der Waals surface area contributed by atoms with E-state index in [1.165, 1.54) is 28.7 Å². The molecule has 1 aliphatic heterocycles. The minimum absolute atomic E-state index is 0.0663. The van der Waals surface area contributed by atoms with Gasteiger partial charge in [0.1, 0.15) is 18.1 Å². The fourth-order valence-corrected chi connectivity index (χ4v) is 6.00. The summed E-state index contributed by atoms with van der Waals surface area (Å²) in [6.45, 7) is 4.62. The molecule has 196 valence electrons. The summed E-state index contributed by atoms with van der Waals surface area (Å²) in [5, 5.41) is 0. The van der Waals surface area contributed by atoms with E-state index in [1.54, 1.807) is 13.0 Å². The molecule has 13 heteroatoms. The van der Waals surface area contributed by atoms with Crippen molar-refractivity contribution in [1.29, 1.82) is 0 Å². The van der Waals surface area contributed by atoms with E-state index in [-0.39, 0.29) is 23.5 Å². The largest absolute Gasteiger partial charge is 0.465 e. The Kier molecular flexibility index (Phi) is 9.01. The Morgan fingerprint density at radius 3 is 2.47 bits per heavy atom. The molecule has 11 nitrogen and oxygen atoms in total. The number of sulfone groups is 1. The minimum atomic E-state index is -4.05. The number of amides is 2. The van der Waals surface area contributed by atoms with E-state index in [1.807, 2.05) is 0 Å². The molecule has 1 aromatic heterocycles. The van der Waals surface area contributed by atoms with E-state index in [4.69, 9.17) is 9.47 Å². The lowest BCUT2D eigenvalue weighted by molar-refractivity contribution is -0.143. The van der Waals surface area contributed by atoms with E-state index >= 15 is 0 Å². The number of ether oxygens (including phenoxy) is 2. The van der Waals surface area contributed by atoms with Crippen LogP contribution in [-0.4, -0.2) is 79.9 Å². The van der Waals surface area contributed by atoms with Crippen molar-refractivity contribution < 1.29 is 37.1 Å². The zero-order valence-electron chi connectivity index (χ0n) is 20.4. The smallest absolute Gasteiger partial charge is 0.337 e. The average molecular weight is 540 g/mol. The van der Waals surface area contributed by atoms with Crippen molar-refractivity contribution in [3.8, 4) is 0 Å². The zero-order chi connectivity index (χ0) is 26.5. The van der Waals surface area contributed by atoms with Crippen molar-refractivity contribution in [2.45, 2.75) is 33.2 Å². The molecule has 2 aromatic rings. The van der Waals surface area contributed by atoms with Crippen LogP contribution < -0.4 is 4.80 Å². The van der Waals surface area contributed by atoms with Crippen LogP contribution >= 0.6 is 11.3 Å². The van der Waals surface area contributed by atoms with Gasteiger partial charge < -0.3 is 18.9 Å². The Hall–Kier alpha value is -3.06. The summed E-state index contributed by atoms with van der Waals surface area (Å²) >= 11 is 1.01. The third-order valence-corrected chi connectivity index (χ3v) is 8.15. The van der Waals surface area contributed by atoms with Gasteiger partial charge in [0.25, 0.3) is 5.91 Å². The van der Waals surface area contributed by atoms with Crippen molar-refractivity contribution in [2.24, 2.45) is 10.9 Å². The number of fused-ring (bicyclic) bond motifs is 1. The monoisotopic (exact) mass is 539 g/mol. The first kappa shape index (κ1) is 27.5. The number of methoxy groups -OCH3 is 1. The molecular weight excluding hydrogens is 510 g/mol. The number of hydrogen-bond acceptors (Lipinski definition) is 9. The lowest BCUT2D eigenvalue weighted by Crippen LogP contribution is -2.41. The molecule has 2 amide bonds. The lowest BCUT2D eigenvalue weighted by Gasteiger charge is -2.30. The Bertz CT molecular complexity index is 1330. The van der Waals surface area contributed by atoms with E-state index in [0.29, 0.717) is 29.2 Å². The van der Waals surface area contributed by atoms with Gasteiger partial charge in [-0.05, 0) is 43.9 Å². The van der Waals surface area contributed by atoms with Crippen LogP contribution in [0.1, 0.15) is 37.0 Å².